The molecular weight excluding hydrogens is 424 g/mol. The third-order valence-electron chi connectivity index (χ3n) is 6.31. The van der Waals surface area contributed by atoms with Crippen molar-refractivity contribution in [2.24, 2.45) is 0 Å². The number of furan rings is 1. The Morgan fingerprint density at radius 2 is 1.56 bits per heavy atom. The summed E-state index contributed by atoms with van der Waals surface area (Å²) in [7, 11) is 0. The van der Waals surface area contributed by atoms with Crippen molar-refractivity contribution in [3.8, 4) is 0 Å². The highest BCUT2D eigenvalue weighted by Gasteiger charge is 2.24. The first-order valence-corrected chi connectivity index (χ1v) is 11.5. The van der Waals surface area contributed by atoms with E-state index in [1.807, 2.05) is 54.6 Å². The van der Waals surface area contributed by atoms with Crippen LogP contribution in [0.1, 0.15) is 45.1 Å². The van der Waals surface area contributed by atoms with Crippen molar-refractivity contribution in [2.45, 2.75) is 25.3 Å². The SMILES string of the molecule is O=C(CC(c1ccccc1)c1ccccc1)Nc1ccc2c(c1)CN(C(=O)c1ccco1)CC2. The number of hydrogen-bond donors (Lipinski definition) is 1. The van der Waals surface area contributed by atoms with E-state index < -0.39 is 0 Å². The van der Waals surface area contributed by atoms with Crippen molar-refractivity contribution in [1.29, 1.82) is 0 Å². The van der Waals surface area contributed by atoms with Crippen molar-refractivity contribution >= 4 is 17.5 Å². The number of rotatable bonds is 6. The predicted molar refractivity (Wildman–Crippen MR) is 132 cm³/mol. The van der Waals surface area contributed by atoms with Gasteiger partial charge < -0.3 is 14.6 Å². The van der Waals surface area contributed by atoms with E-state index in [1.165, 1.54) is 11.8 Å². The molecule has 5 nitrogen and oxygen atoms in total. The van der Waals surface area contributed by atoms with Gasteiger partial charge >= 0.3 is 0 Å². The molecule has 0 saturated heterocycles. The number of nitrogens with one attached hydrogen (secondary N) is 1. The molecule has 1 aromatic heterocycles. The maximum atomic E-state index is 13.1. The van der Waals surface area contributed by atoms with Crippen LogP contribution in [0.4, 0.5) is 5.69 Å². The van der Waals surface area contributed by atoms with E-state index in [2.05, 4.69) is 29.6 Å². The molecule has 34 heavy (non-hydrogen) atoms. The van der Waals surface area contributed by atoms with Crippen LogP contribution in [0.25, 0.3) is 0 Å². The third kappa shape index (κ3) is 4.79. The Balaban J connectivity index is 1.30. The highest BCUT2D eigenvalue weighted by atomic mass is 16.3. The van der Waals surface area contributed by atoms with Crippen LogP contribution < -0.4 is 5.32 Å². The van der Waals surface area contributed by atoms with Gasteiger partial charge in [0.25, 0.3) is 5.91 Å². The number of carbonyl (C=O) groups excluding carboxylic acids is 2. The zero-order valence-electron chi connectivity index (χ0n) is 18.8. The minimum absolute atomic E-state index is 0.0264. The molecule has 170 valence electrons. The first-order chi connectivity index (χ1) is 16.7. The molecule has 5 rings (SSSR count). The van der Waals surface area contributed by atoms with Crippen LogP contribution in [0.15, 0.2) is 102 Å². The fourth-order valence-corrected chi connectivity index (χ4v) is 4.56. The zero-order valence-corrected chi connectivity index (χ0v) is 18.8. The van der Waals surface area contributed by atoms with Crippen molar-refractivity contribution in [3.63, 3.8) is 0 Å². The normalized spacial score (nSPS) is 12.9. The molecule has 4 aromatic rings. The molecule has 3 aromatic carbocycles. The van der Waals surface area contributed by atoms with Gasteiger partial charge in [0.05, 0.1) is 6.26 Å². The van der Waals surface area contributed by atoms with Crippen LogP contribution in [0, 0.1) is 0 Å². The summed E-state index contributed by atoms with van der Waals surface area (Å²) in [6, 6.07) is 29.6. The van der Waals surface area contributed by atoms with E-state index in [1.54, 1.807) is 17.0 Å². The molecule has 0 fully saturated rings. The van der Waals surface area contributed by atoms with E-state index in [9.17, 15) is 9.59 Å². The minimum atomic E-state index is -0.112. The zero-order chi connectivity index (χ0) is 23.3. The molecule has 0 saturated carbocycles. The number of carbonyl (C=O) groups is 2. The van der Waals surface area contributed by atoms with Gasteiger partial charge in [-0.3, -0.25) is 9.59 Å². The number of fused-ring (bicyclic) bond motifs is 1. The minimum Gasteiger partial charge on any atom is -0.459 e. The third-order valence-corrected chi connectivity index (χ3v) is 6.31. The molecule has 1 N–H and O–H groups in total. The van der Waals surface area contributed by atoms with Crippen molar-refractivity contribution < 1.29 is 14.0 Å². The smallest absolute Gasteiger partial charge is 0.289 e. The summed E-state index contributed by atoms with van der Waals surface area (Å²) in [5, 5.41) is 3.07. The van der Waals surface area contributed by atoms with Gasteiger partial charge in [-0.2, -0.15) is 0 Å². The lowest BCUT2D eigenvalue weighted by Gasteiger charge is -2.28. The standard InChI is InChI=1S/C29H26N2O3/c32-28(19-26(22-8-3-1-4-9-22)23-10-5-2-6-11-23)30-25-14-13-21-15-16-31(20-24(21)18-25)29(33)27-12-7-17-34-27/h1-14,17-18,26H,15-16,19-20H2,(H,30,32). The summed E-state index contributed by atoms with van der Waals surface area (Å²) >= 11 is 0. The Kier molecular flexibility index (Phi) is 6.25. The van der Waals surface area contributed by atoms with Crippen molar-refractivity contribution in [3.05, 3.63) is 125 Å². The van der Waals surface area contributed by atoms with Gasteiger partial charge in [-0.15, -0.1) is 0 Å². The summed E-state index contributed by atoms with van der Waals surface area (Å²) in [5.41, 5.74) is 5.22. The van der Waals surface area contributed by atoms with Gasteiger partial charge in [0.1, 0.15) is 0 Å². The summed E-state index contributed by atoms with van der Waals surface area (Å²) < 4.78 is 5.27. The van der Waals surface area contributed by atoms with E-state index in [0.717, 1.165) is 28.8 Å². The first kappa shape index (κ1) is 21.7. The molecule has 0 aliphatic carbocycles. The van der Waals surface area contributed by atoms with Gasteiger partial charge in [0, 0.05) is 31.1 Å². The molecule has 0 atom stereocenters. The van der Waals surface area contributed by atoms with E-state index >= 15 is 0 Å². The number of amides is 2. The second kappa shape index (κ2) is 9.79. The Hall–Kier alpha value is -4.12. The summed E-state index contributed by atoms with van der Waals surface area (Å²) in [4.78, 5) is 27.5. The van der Waals surface area contributed by atoms with Crippen LogP contribution in [0.5, 0.6) is 0 Å². The number of nitrogens with zero attached hydrogens (tertiary/aromatic N) is 1. The maximum absolute atomic E-state index is 13.1. The number of benzene rings is 3. The van der Waals surface area contributed by atoms with Gasteiger partial charge in [-0.05, 0) is 52.9 Å². The van der Waals surface area contributed by atoms with Crippen LogP contribution in [-0.4, -0.2) is 23.3 Å². The molecule has 1 aliphatic heterocycles. The Labute approximate surface area is 199 Å². The summed E-state index contributed by atoms with van der Waals surface area (Å²) in [6.07, 6.45) is 2.63. The lowest BCUT2D eigenvalue weighted by molar-refractivity contribution is -0.116. The van der Waals surface area contributed by atoms with Crippen LogP contribution in [0.3, 0.4) is 0 Å². The molecule has 0 radical (unpaired) electrons. The molecular formula is C29H26N2O3. The lowest BCUT2D eigenvalue weighted by Crippen LogP contribution is -2.35. The highest BCUT2D eigenvalue weighted by Crippen LogP contribution is 2.29. The van der Waals surface area contributed by atoms with E-state index in [-0.39, 0.29) is 17.7 Å². The molecule has 1 aliphatic rings. The second-order valence-electron chi connectivity index (χ2n) is 8.56. The Morgan fingerprint density at radius 1 is 0.853 bits per heavy atom. The molecule has 0 bridgehead atoms. The molecule has 0 spiro atoms. The highest BCUT2D eigenvalue weighted by molar-refractivity contribution is 5.92. The Bertz CT molecular complexity index is 1230. The van der Waals surface area contributed by atoms with Gasteiger partial charge in [-0.25, -0.2) is 0 Å². The topological polar surface area (TPSA) is 62.6 Å². The summed E-state index contributed by atoms with van der Waals surface area (Å²) in [5.74, 6) is 0.165. The van der Waals surface area contributed by atoms with E-state index in [0.29, 0.717) is 25.3 Å². The van der Waals surface area contributed by atoms with Crippen molar-refractivity contribution in [1.82, 2.24) is 4.90 Å². The fourth-order valence-electron chi connectivity index (χ4n) is 4.56. The predicted octanol–water partition coefficient (Wildman–Crippen LogP) is 5.64. The molecule has 2 amide bonds. The lowest BCUT2D eigenvalue weighted by atomic mass is 9.88. The fraction of sp³-hybridized carbons (Fsp3) is 0.172. The molecule has 0 unspecified atom stereocenters. The Morgan fingerprint density at radius 3 is 2.21 bits per heavy atom. The second-order valence-corrected chi connectivity index (χ2v) is 8.56. The first-order valence-electron chi connectivity index (χ1n) is 11.5. The maximum Gasteiger partial charge on any atom is 0.289 e. The summed E-state index contributed by atoms with van der Waals surface area (Å²) in [6.45, 7) is 1.14. The van der Waals surface area contributed by atoms with Crippen LogP contribution >= 0.6 is 0 Å². The largest absolute Gasteiger partial charge is 0.459 e. The molecule has 5 heteroatoms. The average molecular weight is 451 g/mol. The molecule has 2 heterocycles. The average Bonchev–Trinajstić information content (AvgIpc) is 3.42. The van der Waals surface area contributed by atoms with Crippen LogP contribution in [-0.2, 0) is 17.8 Å². The van der Waals surface area contributed by atoms with E-state index in [4.69, 9.17) is 4.42 Å². The van der Waals surface area contributed by atoms with Crippen LogP contribution in [0.2, 0.25) is 0 Å². The van der Waals surface area contributed by atoms with Crippen molar-refractivity contribution in [2.75, 3.05) is 11.9 Å². The number of anilines is 1. The van der Waals surface area contributed by atoms with Gasteiger partial charge in [0.2, 0.25) is 5.91 Å². The van der Waals surface area contributed by atoms with Gasteiger partial charge in [0.15, 0.2) is 5.76 Å². The van der Waals surface area contributed by atoms with Gasteiger partial charge in [-0.1, -0.05) is 66.7 Å². The monoisotopic (exact) mass is 450 g/mol. The quantitative estimate of drug-likeness (QED) is 0.414. The number of hydrogen-bond acceptors (Lipinski definition) is 3.